The molecule has 0 aliphatic carbocycles. The molecule has 2 saturated heterocycles. The van der Waals surface area contributed by atoms with Crippen LogP contribution in [0.4, 0.5) is 0 Å². The maximum atomic E-state index is 13.2. The number of amides is 2. The molecule has 0 N–H and O–H groups in total. The molecule has 2 bridgehead atoms. The van der Waals surface area contributed by atoms with E-state index in [0.29, 0.717) is 26.2 Å². The van der Waals surface area contributed by atoms with Gasteiger partial charge >= 0.3 is 0 Å². The second kappa shape index (κ2) is 6.73. The Balaban J connectivity index is 1.53. The lowest BCUT2D eigenvalue weighted by atomic mass is 9.76. The van der Waals surface area contributed by atoms with Gasteiger partial charge in [0, 0.05) is 26.9 Å². The molecular formula is C20H25N3O4. The molecule has 4 atom stereocenters. The molecule has 144 valence electrons. The lowest BCUT2D eigenvalue weighted by Crippen LogP contribution is -2.44. The zero-order valence-electron chi connectivity index (χ0n) is 15.9. The highest BCUT2D eigenvalue weighted by atomic mass is 16.5. The van der Waals surface area contributed by atoms with Crippen LogP contribution in [-0.2, 0) is 25.6 Å². The van der Waals surface area contributed by atoms with Crippen LogP contribution in [0.1, 0.15) is 11.3 Å². The summed E-state index contributed by atoms with van der Waals surface area (Å²) in [5, 5.41) is 0. The fourth-order valence-corrected chi connectivity index (χ4v) is 4.49. The van der Waals surface area contributed by atoms with E-state index < -0.39 is 17.4 Å². The predicted octanol–water partition coefficient (Wildman–Crippen LogP) is 0.777. The molecule has 7 heteroatoms. The number of ether oxygens (including phenoxy) is 2. The summed E-state index contributed by atoms with van der Waals surface area (Å²) < 4.78 is 11.3. The molecule has 1 aromatic heterocycles. The van der Waals surface area contributed by atoms with Crippen LogP contribution in [0.5, 0.6) is 0 Å². The first-order valence-corrected chi connectivity index (χ1v) is 9.27. The lowest BCUT2D eigenvalue weighted by Gasteiger charge is -2.28. The molecule has 4 heterocycles. The number of pyridine rings is 1. The van der Waals surface area contributed by atoms with Crippen molar-refractivity contribution in [2.45, 2.75) is 25.2 Å². The maximum absolute atomic E-state index is 13.2. The molecule has 3 aliphatic heterocycles. The van der Waals surface area contributed by atoms with Gasteiger partial charge in [0.15, 0.2) is 0 Å². The third-order valence-corrected chi connectivity index (χ3v) is 5.91. The maximum Gasteiger partial charge on any atom is 0.230 e. The molecule has 27 heavy (non-hydrogen) atoms. The van der Waals surface area contributed by atoms with Gasteiger partial charge in [0.05, 0.1) is 43.3 Å². The Kier molecular flexibility index (Phi) is 4.52. The standard InChI is InChI=1S/C20H25N3O4/c1-13-5-4-8-21-14(13)11-22(2)18(24)16-15-6-7-20(27-15)12-23(9-10-26-3)19(25)17(16)20/h4-8,15-17H,9-12H2,1-3H3/t15-,16-,17-,20-/m0/s1. The molecule has 4 rings (SSSR count). The van der Waals surface area contributed by atoms with E-state index in [2.05, 4.69) is 4.98 Å². The van der Waals surface area contributed by atoms with Crippen LogP contribution in [-0.4, -0.2) is 72.2 Å². The number of nitrogens with zero attached hydrogens (tertiary/aromatic N) is 3. The number of hydrogen-bond donors (Lipinski definition) is 0. The molecule has 0 saturated carbocycles. The summed E-state index contributed by atoms with van der Waals surface area (Å²) >= 11 is 0. The zero-order valence-corrected chi connectivity index (χ0v) is 15.9. The summed E-state index contributed by atoms with van der Waals surface area (Å²) in [6, 6.07) is 3.86. The minimum absolute atomic E-state index is 0.0142. The molecule has 7 nitrogen and oxygen atoms in total. The lowest BCUT2D eigenvalue weighted by molar-refractivity contribution is -0.142. The summed E-state index contributed by atoms with van der Waals surface area (Å²) in [6.45, 7) is 3.87. The summed E-state index contributed by atoms with van der Waals surface area (Å²) in [5.74, 6) is -1.02. The van der Waals surface area contributed by atoms with Gasteiger partial charge in [-0.3, -0.25) is 14.6 Å². The van der Waals surface area contributed by atoms with Gasteiger partial charge in [-0.2, -0.15) is 0 Å². The van der Waals surface area contributed by atoms with Gasteiger partial charge in [-0.05, 0) is 18.6 Å². The number of carbonyl (C=O) groups excluding carboxylic acids is 2. The molecule has 0 aromatic carbocycles. The Labute approximate surface area is 158 Å². The highest BCUT2D eigenvalue weighted by Crippen LogP contribution is 2.52. The van der Waals surface area contributed by atoms with Gasteiger partial charge in [-0.1, -0.05) is 18.2 Å². The van der Waals surface area contributed by atoms with Gasteiger partial charge < -0.3 is 19.3 Å². The fraction of sp³-hybridized carbons (Fsp3) is 0.550. The zero-order chi connectivity index (χ0) is 19.2. The van der Waals surface area contributed by atoms with Crippen LogP contribution in [0.15, 0.2) is 30.5 Å². The van der Waals surface area contributed by atoms with Crippen molar-refractivity contribution in [1.29, 1.82) is 0 Å². The SMILES string of the molecule is COCCN1C[C@]23C=C[C@H](O2)[C@H](C(=O)N(C)Cc2ncccc2C)[C@H]3C1=O. The number of fused-ring (bicyclic) bond motifs is 1. The van der Waals surface area contributed by atoms with E-state index in [1.54, 1.807) is 30.2 Å². The molecule has 0 unspecified atom stereocenters. The largest absolute Gasteiger partial charge is 0.383 e. The van der Waals surface area contributed by atoms with Gasteiger partial charge in [-0.15, -0.1) is 0 Å². The molecule has 3 aliphatic rings. The van der Waals surface area contributed by atoms with Crippen LogP contribution in [0.3, 0.4) is 0 Å². The number of methoxy groups -OCH3 is 1. The Morgan fingerprint density at radius 3 is 3.07 bits per heavy atom. The van der Waals surface area contributed by atoms with Crippen LogP contribution in [0.2, 0.25) is 0 Å². The first kappa shape index (κ1) is 18.1. The number of aryl methyl sites for hydroxylation is 1. The minimum Gasteiger partial charge on any atom is -0.383 e. The minimum atomic E-state index is -0.669. The number of rotatable bonds is 6. The molecular weight excluding hydrogens is 346 g/mol. The molecule has 0 radical (unpaired) electrons. The Morgan fingerprint density at radius 1 is 1.52 bits per heavy atom. The second-order valence-electron chi connectivity index (χ2n) is 7.61. The van der Waals surface area contributed by atoms with Crippen LogP contribution in [0.25, 0.3) is 0 Å². The Morgan fingerprint density at radius 2 is 2.33 bits per heavy atom. The van der Waals surface area contributed by atoms with E-state index in [1.165, 1.54) is 0 Å². The van der Waals surface area contributed by atoms with E-state index in [-0.39, 0.29) is 17.9 Å². The van der Waals surface area contributed by atoms with Crippen LogP contribution >= 0.6 is 0 Å². The normalized spacial score (nSPS) is 30.9. The van der Waals surface area contributed by atoms with Crippen molar-refractivity contribution in [2.75, 3.05) is 33.9 Å². The average Bonchev–Trinajstić information content (AvgIpc) is 3.29. The number of hydrogen-bond acceptors (Lipinski definition) is 5. The highest BCUT2D eigenvalue weighted by molar-refractivity contribution is 5.93. The summed E-state index contributed by atoms with van der Waals surface area (Å²) in [6.07, 6.45) is 5.31. The summed E-state index contributed by atoms with van der Waals surface area (Å²) in [7, 11) is 3.38. The van der Waals surface area contributed by atoms with E-state index in [4.69, 9.17) is 9.47 Å². The van der Waals surface area contributed by atoms with Gasteiger partial charge in [-0.25, -0.2) is 0 Å². The number of likely N-dealkylation sites (tertiary alicyclic amines) is 1. The van der Waals surface area contributed by atoms with E-state index in [9.17, 15) is 9.59 Å². The predicted molar refractivity (Wildman–Crippen MR) is 97.6 cm³/mol. The quantitative estimate of drug-likeness (QED) is 0.691. The van der Waals surface area contributed by atoms with Crippen molar-refractivity contribution in [3.05, 3.63) is 41.7 Å². The molecule has 1 spiro atoms. The fourth-order valence-electron chi connectivity index (χ4n) is 4.49. The Hall–Kier alpha value is -2.25. The Bertz CT molecular complexity index is 795. The molecule has 2 amide bonds. The van der Waals surface area contributed by atoms with E-state index in [1.807, 2.05) is 31.2 Å². The van der Waals surface area contributed by atoms with Crippen molar-refractivity contribution < 1.29 is 19.1 Å². The van der Waals surface area contributed by atoms with Crippen LogP contribution in [0, 0.1) is 18.8 Å². The van der Waals surface area contributed by atoms with Crippen molar-refractivity contribution in [3.8, 4) is 0 Å². The van der Waals surface area contributed by atoms with Gasteiger partial charge in [0.25, 0.3) is 0 Å². The third kappa shape index (κ3) is 2.85. The van der Waals surface area contributed by atoms with Crippen molar-refractivity contribution in [1.82, 2.24) is 14.8 Å². The topological polar surface area (TPSA) is 72.0 Å². The molecule has 1 aromatic rings. The first-order chi connectivity index (χ1) is 13.0. The average molecular weight is 371 g/mol. The van der Waals surface area contributed by atoms with Crippen molar-refractivity contribution in [2.24, 2.45) is 11.8 Å². The van der Waals surface area contributed by atoms with Crippen molar-refractivity contribution >= 4 is 11.8 Å². The van der Waals surface area contributed by atoms with E-state index in [0.717, 1.165) is 11.3 Å². The number of carbonyl (C=O) groups is 2. The molecule has 2 fully saturated rings. The second-order valence-corrected chi connectivity index (χ2v) is 7.61. The smallest absolute Gasteiger partial charge is 0.230 e. The third-order valence-electron chi connectivity index (χ3n) is 5.91. The summed E-state index contributed by atoms with van der Waals surface area (Å²) in [4.78, 5) is 34.0. The van der Waals surface area contributed by atoms with Crippen molar-refractivity contribution in [3.63, 3.8) is 0 Å². The van der Waals surface area contributed by atoms with Gasteiger partial charge in [0.2, 0.25) is 11.8 Å². The van der Waals surface area contributed by atoms with Crippen LogP contribution < -0.4 is 0 Å². The van der Waals surface area contributed by atoms with E-state index >= 15 is 0 Å². The number of aromatic nitrogens is 1. The summed E-state index contributed by atoms with van der Waals surface area (Å²) in [5.41, 5.74) is 1.24. The highest BCUT2D eigenvalue weighted by Gasteiger charge is 2.66. The first-order valence-electron chi connectivity index (χ1n) is 9.27. The monoisotopic (exact) mass is 371 g/mol. The van der Waals surface area contributed by atoms with Gasteiger partial charge in [0.1, 0.15) is 5.60 Å².